The summed E-state index contributed by atoms with van der Waals surface area (Å²) in [6.45, 7) is 0. The lowest BCUT2D eigenvalue weighted by Crippen LogP contribution is -3.00. The molecule has 0 saturated heterocycles. The van der Waals surface area contributed by atoms with E-state index in [9.17, 15) is 0 Å². The van der Waals surface area contributed by atoms with Crippen LogP contribution in [-0.4, -0.2) is 32.7 Å². The van der Waals surface area contributed by atoms with Crippen molar-refractivity contribution in [1.82, 2.24) is 0 Å². The summed E-state index contributed by atoms with van der Waals surface area (Å²) in [6, 6.07) is 21.2. The Morgan fingerprint density at radius 3 is 1.24 bits per heavy atom. The average molecular weight is 324 g/mol. The van der Waals surface area contributed by atoms with Crippen LogP contribution in [0, 0.1) is 0 Å². The molecular formula is C18H26ClNS. The molecule has 0 amide bonds. The van der Waals surface area contributed by atoms with Crippen LogP contribution in [-0.2, 0) is 11.5 Å². The molecule has 1 nitrogen and oxygen atoms in total. The van der Waals surface area contributed by atoms with Gasteiger partial charge in [-0.25, -0.2) is 0 Å². The number of hydrogen-bond donors (Lipinski definition) is 0. The third-order valence-corrected chi connectivity index (χ3v) is 3.30. The van der Waals surface area contributed by atoms with Crippen LogP contribution in [0.1, 0.15) is 11.1 Å². The van der Waals surface area contributed by atoms with Crippen molar-refractivity contribution in [2.24, 2.45) is 0 Å². The lowest BCUT2D eigenvalue weighted by atomic mass is 10.2. The SMILES string of the molecule is C[N+](C)(C)C.[Cl-].c1ccc(CSCc2ccccc2)cc1. The maximum absolute atomic E-state index is 2.18. The van der Waals surface area contributed by atoms with E-state index in [-0.39, 0.29) is 12.4 Å². The van der Waals surface area contributed by atoms with Gasteiger partial charge in [-0.05, 0) is 11.1 Å². The van der Waals surface area contributed by atoms with Crippen molar-refractivity contribution in [1.29, 1.82) is 0 Å². The molecule has 0 aromatic heterocycles. The Hall–Kier alpha value is -0.960. The van der Waals surface area contributed by atoms with Gasteiger partial charge in [0.15, 0.2) is 0 Å². The molecule has 0 heterocycles. The summed E-state index contributed by atoms with van der Waals surface area (Å²) >= 11 is 1.96. The van der Waals surface area contributed by atoms with E-state index in [4.69, 9.17) is 0 Å². The number of quaternary nitrogens is 1. The summed E-state index contributed by atoms with van der Waals surface area (Å²) in [5.74, 6) is 2.19. The second-order valence-electron chi connectivity index (χ2n) is 6.15. The monoisotopic (exact) mass is 323 g/mol. The lowest BCUT2D eigenvalue weighted by Gasteiger charge is -2.14. The summed E-state index contributed by atoms with van der Waals surface area (Å²) in [7, 11) is 8.50. The number of benzene rings is 2. The molecule has 0 atom stereocenters. The van der Waals surface area contributed by atoms with Gasteiger partial charge < -0.3 is 16.9 Å². The van der Waals surface area contributed by atoms with Crippen LogP contribution in [0.3, 0.4) is 0 Å². The van der Waals surface area contributed by atoms with E-state index < -0.39 is 0 Å². The zero-order valence-corrected chi connectivity index (χ0v) is 15.0. The fraction of sp³-hybridized carbons (Fsp3) is 0.333. The van der Waals surface area contributed by atoms with Gasteiger partial charge in [-0.15, -0.1) is 0 Å². The van der Waals surface area contributed by atoms with Crippen molar-refractivity contribution < 1.29 is 16.9 Å². The number of nitrogens with zero attached hydrogens (tertiary/aromatic N) is 1. The standard InChI is InChI=1S/C14H14S.C4H12N.ClH/c1-3-7-13(8-4-1)11-15-12-14-9-5-2-6-10-14;1-5(2,3)4;/h1-10H,11-12H2;1-4H3;1H/q;+1;/p-1. The zero-order chi connectivity index (χ0) is 14.8. The molecule has 116 valence electrons. The first-order valence-electron chi connectivity index (χ1n) is 6.89. The second kappa shape index (κ2) is 10.7. The summed E-state index contributed by atoms with van der Waals surface area (Å²) in [4.78, 5) is 0. The molecule has 0 saturated carbocycles. The van der Waals surface area contributed by atoms with E-state index in [1.54, 1.807) is 0 Å². The van der Waals surface area contributed by atoms with E-state index >= 15 is 0 Å². The van der Waals surface area contributed by atoms with Crippen LogP contribution in [0.2, 0.25) is 0 Å². The normalized spacial score (nSPS) is 10.1. The molecule has 0 aliphatic rings. The summed E-state index contributed by atoms with van der Waals surface area (Å²) < 4.78 is 1.00. The molecule has 2 rings (SSSR count). The van der Waals surface area contributed by atoms with Crippen molar-refractivity contribution in [3.8, 4) is 0 Å². The average Bonchev–Trinajstić information content (AvgIpc) is 2.39. The quantitative estimate of drug-likeness (QED) is 0.767. The molecule has 0 bridgehead atoms. The van der Waals surface area contributed by atoms with Gasteiger partial charge in [-0.2, -0.15) is 11.8 Å². The van der Waals surface area contributed by atoms with Gasteiger partial charge in [0.25, 0.3) is 0 Å². The van der Waals surface area contributed by atoms with E-state index in [2.05, 4.69) is 88.9 Å². The molecule has 0 unspecified atom stereocenters. The maximum Gasteiger partial charge on any atom is 0.0675 e. The number of hydrogen-bond acceptors (Lipinski definition) is 1. The molecule has 2 aromatic rings. The fourth-order valence-corrected chi connectivity index (χ4v) is 2.39. The van der Waals surface area contributed by atoms with Crippen LogP contribution >= 0.6 is 11.8 Å². The van der Waals surface area contributed by atoms with Crippen LogP contribution in [0.15, 0.2) is 60.7 Å². The van der Waals surface area contributed by atoms with E-state index in [1.807, 2.05) is 11.8 Å². The minimum absolute atomic E-state index is 0. The number of halogens is 1. The summed E-state index contributed by atoms with van der Waals surface area (Å²) in [5, 5.41) is 0. The molecule has 2 aromatic carbocycles. The Morgan fingerprint density at radius 2 is 0.952 bits per heavy atom. The van der Waals surface area contributed by atoms with Gasteiger partial charge >= 0.3 is 0 Å². The third kappa shape index (κ3) is 12.5. The topological polar surface area (TPSA) is 0 Å². The van der Waals surface area contributed by atoms with Gasteiger partial charge in [-0.3, -0.25) is 0 Å². The highest BCUT2D eigenvalue weighted by atomic mass is 35.5. The predicted octanol–water partition coefficient (Wildman–Crippen LogP) is 1.45. The molecule has 0 spiro atoms. The van der Waals surface area contributed by atoms with Crippen LogP contribution in [0.5, 0.6) is 0 Å². The van der Waals surface area contributed by atoms with Crippen molar-refractivity contribution in [3.63, 3.8) is 0 Å². The first-order valence-corrected chi connectivity index (χ1v) is 8.05. The smallest absolute Gasteiger partial charge is 0.0675 e. The highest BCUT2D eigenvalue weighted by molar-refractivity contribution is 7.97. The Labute approximate surface area is 140 Å². The summed E-state index contributed by atoms with van der Waals surface area (Å²) in [6.07, 6.45) is 0. The Kier molecular flexibility index (Phi) is 10.2. The molecule has 3 heteroatoms. The highest BCUT2D eigenvalue weighted by Crippen LogP contribution is 2.17. The molecule has 0 aliphatic carbocycles. The van der Waals surface area contributed by atoms with Gasteiger partial charge in [0, 0.05) is 11.5 Å². The van der Waals surface area contributed by atoms with Crippen molar-refractivity contribution in [3.05, 3.63) is 71.8 Å². The molecule has 21 heavy (non-hydrogen) atoms. The van der Waals surface area contributed by atoms with Gasteiger partial charge in [0.2, 0.25) is 0 Å². The van der Waals surface area contributed by atoms with Gasteiger partial charge in [0.1, 0.15) is 0 Å². The molecule has 0 aliphatic heterocycles. The molecular weight excluding hydrogens is 298 g/mol. The second-order valence-corrected chi connectivity index (χ2v) is 7.13. The van der Waals surface area contributed by atoms with Gasteiger partial charge in [0.05, 0.1) is 28.2 Å². The third-order valence-electron chi connectivity index (χ3n) is 2.22. The van der Waals surface area contributed by atoms with Crippen molar-refractivity contribution >= 4 is 11.8 Å². The number of thioether (sulfide) groups is 1. The lowest BCUT2D eigenvalue weighted by molar-refractivity contribution is -0.849. The molecule has 0 fully saturated rings. The minimum Gasteiger partial charge on any atom is -1.00 e. The predicted molar refractivity (Wildman–Crippen MR) is 91.8 cm³/mol. The fourth-order valence-electron chi connectivity index (χ4n) is 1.44. The van der Waals surface area contributed by atoms with E-state index in [0.29, 0.717) is 0 Å². The largest absolute Gasteiger partial charge is 1.00 e. The van der Waals surface area contributed by atoms with E-state index in [1.165, 1.54) is 11.1 Å². The molecule has 0 radical (unpaired) electrons. The first kappa shape index (κ1) is 20.0. The van der Waals surface area contributed by atoms with Crippen LogP contribution < -0.4 is 12.4 Å². The van der Waals surface area contributed by atoms with Crippen LogP contribution in [0.4, 0.5) is 0 Å². The number of rotatable bonds is 4. The minimum atomic E-state index is 0. The Balaban J connectivity index is 0.000000583. The van der Waals surface area contributed by atoms with Crippen LogP contribution in [0.25, 0.3) is 0 Å². The van der Waals surface area contributed by atoms with Crippen molar-refractivity contribution in [2.45, 2.75) is 11.5 Å². The Morgan fingerprint density at radius 1 is 0.667 bits per heavy atom. The maximum atomic E-state index is 2.18. The molecule has 0 N–H and O–H groups in total. The van der Waals surface area contributed by atoms with E-state index in [0.717, 1.165) is 16.0 Å². The zero-order valence-electron chi connectivity index (χ0n) is 13.4. The Bertz CT molecular complexity index is 420. The first-order chi connectivity index (χ1) is 9.45. The highest BCUT2D eigenvalue weighted by Gasteiger charge is 1.93. The van der Waals surface area contributed by atoms with Crippen molar-refractivity contribution in [2.75, 3.05) is 28.2 Å². The van der Waals surface area contributed by atoms with Gasteiger partial charge in [-0.1, -0.05) is 60.7 Å². The summed E-state index contributed by atoms with van der Waals surface area (Å²) in [5.41, 5.74) is 2.80.